The first-order chi connectivity index (χ1) is 6.99. The maximum Gasteiger partial charge on any atom is 0.238 e. The zero-order valence-corrected chi connectivity index (χ0v) is 9.79. The van der Waals surface area contributed by atoms with Crippen LogP contribution in [0.4, 0.5) is 5.69 Å². The van der Waals surface area contributed by atoms with Crippen LogP contribution in [-0.4, -0.2) is 21.5 Å². The van der Waals surface area contributed by atoms with E-state index in [9.17, 15) is 8.42 Å². The third kappa shape index (κ3) is 2.94. The second-order valence-electron chi connectivity index (χ2n) is 3.21. The third-order valence-corrected chi connectivity index (χ3v) is 3.19. The number of nitrogens with two attached hydrogens (primary N) is 1. The Labute approximate surface area is 90.8 Å². The second-order valence-corrected chi connectivity index (χ2v) is 4.78. The SMILES string of the molecule is CCN(CC)c1cccc(S(N)(=O)=O)c1. The van der Waals surface area contributed by atoms with Crippen LogP contribution in [0.3, 0.4) is 0 Å². The summed E-state index contributed by atoms with van der Waals surface area (Å²) in [7, 11) is -3.60. The highest BCUT2D eigenvalue weighted by Gasteiger charge is 2.09. The van der Waals surface area contributed by atoms with E-state index in [1.54, 1.807) is 12.1 Å². The number of sulfonamides is 1. The molecule has 0 spiro atoms. The highest BCUT2D eigenvalue weighted by atomic mass is 32.2. The predicted octanol–water partition coefficient (Wildman–Crippen LogP) is 1.18. The lowest BCUT2D eigenvalue weighted by atomic mass is 10.3. The molecule has 1 aromatic rings. The minimum Gasteiger partial charge on any atom is -0.372 e. The first kappa shape index (κ1) is 12.0. The molecular formula is C10H16N2O2S. The van der Waals surface area contributed by atoms with Crippen molar-refractivity contribution in [3.63, 3.8) is 0 Å². The van der Waals surface area contributed by atoms with Gasteiger partial charge >= 0.3 is 0 Å². The molecule has 15 heavy (non-hydrogen) atoms. The van der Waals surface area contributed by atoms with Crippen molar-refractivity contribution in [3.05, 3.63) is 24.3 Å². The Morgan fingerprint density at radius 1 is 1.27 bits per heavy atom. The van der Waals surface area contributed by atoms with E-state index in [4.69, 9.17) is 5.14 Å². The van der Waals surface area contributed by atoms with Crippen LogP contribution in [0.1, 0.15) is 13.8 Å². The normalized spacial score (nSPS) is 11.4. The summed E-state index contributed by atoms with van der Waals surface area (Å²) in [6, 6.07) is 6.68. The Hall–Kier alpha value is -1.07. The highest BCUT2D eigenvalue weighted by Crippen LogP contribution is 2.18. The van der Waals surface area contributed by atoms with Crippen molar-refractivity contribution < 1.29 is 8.42 Å². The van der Waals surface area contributed by atoms with Crippen LogP contribution >= 0.6 is 0 Å². The van der Waals surface area contributed by atoms with Crippen LogP contribution in [0.15, 0.2) is 29.2 Å². The molecule has 4 nitrogen and oxygen atoms in total. The number of benzene rings is 1. The Bertz CT molecular complexity index is 425. The van der Waals surface area contributed by atoms with Gasteiger partial charge in [0.05, 0.1) is 4.90 Å². The minimum atomic E-state index is -3.60. The van der Waals surface area contributed by atoms with E-state index in [1.165, 1.54) is 6.07 Å². The monoisotopic (exact) mass is 228 g/mol. The molecule has 0 fully saturated rings. The fraction of sp³-hybridized carbons (Fsp3) is 0.400. The van der Waals surface area contributed by atoms with E-state index in [1.807, 2.05) is 19.9 Å². The molecule has 0 aromatic heterocycles. The first-order valence-electron chi connectivity index (χ1n) is 4.86. The van der Waals surface area contributed by atoms with E-state index >= 15 is 0 Å². The molecule has 0 heterocycles. The maximum absolute atomic E-state index is 11.1. The van der Waals surface area contributed by atoms with Gasteiger partial charge in [-0.25, -0.2) is 13.6 Å². The summed E-state index contributed by atoms with van der Waals surface area (Å²) in [5.74, 6) is 0. The van der Waals surface area contributed by atoms with Crippen molar-refractivity contribution >= 4 is 15.7 Å². The van der Waals surface area contributed by atoms with Crippen LogP contribution in [0.2, 0.25) is 0 Å². The fourth-order valence-corrected chi connectivity index (χ4v) is 2.00. The number of anilines is 1. The molecule has 5 heteroatoms. The van der Waals surface area contributed by atoms with Gasteiger partial charge in [0, 0.05) is 18.8 Å². The Balaban J connectivity index is 3.13. The first-order valence-corrected chi connectivity index (χ1v) is 6.41. The van der Waals surface area contributed by atoms with Gasteiger partial charge in [0.2, 0.25) is 10.0 Å². The van der Waals surface area contributed by atoms with Gasteiger partial charge in [0.1, 0.15) is 0 Å². The van der Waals surface area contributed by atoms with E-state index < -0.39 is 10.0 Å². The van der Waals surface area contributed by atoms with Crippen molar-refractivity contribution in [1.29, 1.82) is 0 Å². The molecule has 0 saturated carbocycles. The van der Waals surface area contributed by atoms with Crippen molar-refractivity contribution in [2.75, 3.05) is 18.0 Å². The molecule has 0 aliphatic rings. The molecule has 0 amide bonds. The Morgan fingerprint density at radius 2 is 1.87 bits per heavy atom. The topological polar surface area (TPSA) is 63.4 Å². The van der Waals surface area contributed by atoms with Gasteiger partial charge in [0.25, 0.3) is 0 Å². The summed E-state index contributed by atoms with van der Waals surface area (Å²) >= 11 is 0. The van der Waals surface area contributed by atoms with Crippen LogP contribution in [-0.2, 0) is 10.0 Å². The van der Waals surface area contributed by atoms with Gasteiger partial charge in [-0.3, -0.25) is 0 Å². The van der Waals surface area contributed by atoms with Crippen LogP contribution in [0, 0.1) is 0 Å². The van der Waals surface area contributed by atoms with Gasteiger partial charge in [-0.05, 0) is 32.0 Å². The molecule has 0 aliphatic heterocycles. The molecule has 1 rings (SSSR count). The lowest BCUT2D eigenvalue weighted by Crippen LogP contribution is -2.22. The summed E-state index contributed by atoms with van der Waals surface area (Å²) in [5.41, 5.74) is 0.881. The molecule has 1 aromatic carbocycles. The third-order valence-electron chi connectivity index (χ3n) is 2.27. The maximum atomic E-state index is 11.1. The van der Waals surface area contributed by atoms with Crippen LogP contribution < -0.4 is 10.0 Å². The molecule has 0 aliphatic carbocycles. The smallest absolute Gasteiger partial charge is 0.238 e. The van der Waals surface area contributed by atoms with Crippen molar-refractivity contribution in [2.45, 2.75) is 18.7 Å². The minimum absolute atomic E-state index is 0.159. The quantitative estimate of drug-likeness (QED) is 0.841. The van der Waals surface area contributed by atoms with Gasteiger partial charge in [0.15, 0.2) is 0 Å². The molecule has 0 radical (unpaired) electrons. The Morgan fingerprint density at radius 3 is 2.33 bits per heavy atom. The molecule has 84 valence electrons. The average molecular weight is 228 g/mol. The van der Waals surface area contributed by atoms with E-state index in [0.29, 0.717) is 0 Å². The standard InChI is InChI=1S/C10H16N2O2S/c1-3-12(4-2)9-6-5-7-10(8-9)15(11,13)14/h5-8H,3-4H2,1-2H3,(H2,11,13,14). The number of primary sulfonamides is 1. The lowest BCUT2D eigenvalue weighted by molar-refractivity contribution is 0.597. The summed E-state index contributed by atoms with van der Waals surface area (Å²) in [6.45, 7) is 5.72. The number of nitrogens with zero attached hydrogens (tertiary/aromatic N) is 1. The van der Waals surface area contributed by atoms with E-state index in [0.717, 1.165) is 18.8 Å². The van der Waals surface area contributed by atoms with Gasteiger partial charge in [-0.2, -0.15) is 0 Å². The van der Waals surface area contributed by atoms with Crippen LogP contribution in [0.25, 0.3) is 0 Å². The summed E-state index contributed by atoms with van der Waals surface area (Å²) in [6.07, 6.45) is 0. The summed E-state index contributed by atoms with van der Waals surface area (Å²) in [5, 5.41) is 5.06. The number of rotatable bonds is 4. The Kier molecular flexibility index (Phi) is 3.71. The molecule has 0 saturated heterocycles. The number of hydrogen-bond acceptors (Lipinski definition) is 3. The summed E-state index contributed by atoms with van der Waals surface area (Å²) < 4.78 is 22.3. The van der Waals surface area contributed by atoms with E-state index in [2.05, 4.69) is 4.90 Å². The van der Waals surface area contributed by atoms with Gasteiger partial charge in [-0.15, -0.1) is 0 Å². The summed E-state index contributed by atoms with van der Waals surface area (Å²) in [4.78, 5) is 2.22. The zero-order valence-electron chi connectivity index (χ0n) is 8.97. The van der Waals surface area contributed by atoms with Crippen molar-refractivity contribution in [2.24, 2.45) is 5.14 Å². The second kappa shape index (κ2) is 4.63. The molecule has 0 bridgehead atoms. The highest BCUT2D eigenvalue weighted by molar-refractivity contribution is 7.89. The fourth-order valence-electron chi connectivity index (χ4n) is 1.45. The van der Waals surface area contributed by atoms with Gasteiger partial charge in [-0.1, -0.05) is 6.07 Å². The number of hydrogen-bond donors (Lipinski definition) is 1. The largest absolute Gasteiger partial charge is 0.372 e. The molecular weight excluding hydrogens is 212 g/mol. The van der Waals surface area contributed by atoms with Crippen molar-refractivity contribution in [3.8, 4) is 0 Å². The lowest BCUT2D eigenvalue weighted by Gasteiger charge is -2.21. The van der Waals surface area contributed by atoms with Gasteiger partial charge < -0.3 is 4.90 Å². The molecule has 0 atom stereocenters. The average Bonchev–Trinajstić information content (AvgIpc) is 2.19. The van der Waals surface area contributed by atoms with E-state index in [-0.39, 0.29) is 4.90 Å². The zero-order chi connectivity index (χ0) is 11.5. The molecule has 2 N–H and O–H groups in total. The van der Waals surface area contributed by atoms with Crippen molar-refractivity contribution in [1.82, 2.24) is 0 Å². The van der Waals surface area contributed by atoms with Crippen LogP contribution in [0.5, 0.6) is 0 Å². The predicted molar refractivity (Wildman–Crippen MR) is 61.4 cm³/mol. The molecule has 0 unspecified atom stereocenters.